The average molecular weight is 410 g/mol. The van der Waals surface area contributed by atoms with E-state index in [9.17, 15) is 4.79 Å². The molecule has 3 heterocycles. The van der Waals surface area contributed by atoms with Crippen LogP contribution in [0.2, 0.25) is 0 Å². The van der Waals surface area contributed by atoms with Crippen LogP contribution in [-0.4, -0.2) is 46.9 Å². The molecule has 0 unspecified atom stereocenters. The fourth-order valence-electron chi connectivity index (χ4n) is 3.34. The van der Waals surface area contributed by atoms with Gasteiger partial charge in [0.2, 0.25) is 5.13 Å². The maximum absolute atomic E-state index is 12.2. The lowest BCUT2D eigenvalue weighted by atomic mass is 10.1. The second kappa shape index (κ2) is 9.58. The minimum Gasteiger partial charge on any atom is -0.378 e. The van der Waals surface area contributed by atoms with Gasteiger partial charge in [0.05, 0.1) is 18.3 Å². The zero-order chi connectivity index (χ0) is 19.9. The molecule has 0 saturated carbocycles. The standard InChI is InChI=1S/C21H23N5O2S/c27-20(24-21-25-23-15-29-21)17-6-7-19(22-14-17)26-11-8-18(9-12-26)28-13-10-16-4-2-1-3-5-16/h1-7,14-15,18H,8-13H2,(H,24,25,27). The molecule has 1 saturated heterocycles. The Labute approximate surface area is 173 Å². The number of nitrogens with one attached hydrogen (secondary N) is 1. The summed E-state index contributed by atoms with van der Waals surface area (Å²) in [7, 11) is 0. The van der Waals surface area contributed by atoms with Crippen molar-refractivity contribution in [1.29, 1.82) is 0 Å². The molecule has 1 N–H and O–H groups in total. The van der Waals surface area contributed by atoms with Gasteiger partial charge in [0.15, 0.2) is 0 Å². The van der Waals surface area contributed by atoms with Crippen LogP contribution in [-0.2, 0) is 11.2 Å². The topological polar surface area (TPSA) is 80.2 Å². The number of hydrogen-bond acceptors (Lipinski definition) is 7. The molecule has 150 valence electrons. The Bertz CT molecular complexity index is 895. The van der Waals surface area contributed by atoms with Crippen molar-refractivity contribution in [2.24, 2.45) is 0 Å². The SMILES string of the molecule is O=C(Nc1nncs1)c1ccc(N2CCC(OCCc3ccccc3)CC2)nc1. The lowest BCUT2D eigenvalue weighted by molar-refractivity contribution is 0.0390. The number of carbonyl (C=O) groups is 1. The van der Waals surface area contributed by atoms with E-state index in [1.807, 2.05) is 12.1 Å². The first kappa shape index (κ1) is 19.5. The summed E-state index contributed by atoms with van der Waals surface area (Å²) >= 11 is 1.28. The molecule has 3 aromatic rings. The normalized spacial score (nSPS) is 14.7. The van der Waals surface area contributed by atoms with Gasteiger partial charge in [-0.25, -0.2) is 4.98 Å². The lowest BCUT2D eigenvalue weighted by Gasteiger charge is -2.32. The second-order valence-electron chi connectivity index (χ2n) is 6.90. The third-order valence-corrected chi connectivity index (χ3v) is 5.55. The molecular weight excluding hydrogens is 386 g/mol. The highest BCUT2D eigenvalue weighted by Crippen LogP contribution is 2.20. The Morgan fingerprint density at radius 3 is 2.69 bits per heavy atom. The van der Waals surface area contributed by atoms with E-state index in [-0.39, 0.29) is 5.91 Å². The number of benzene rings is 1. The molecule has 1 aromatic carbocycles. The van der Waals surface area contributed by atoms with Crippen LogP contribution in [0.5, 0.6) is 0 Å². The highest BCUT2D eigenvalue weighted by molar-refractivity contribution is 7.13. The van der Waals surface area contributed by atoms with E-state index < -0.39 is 0 Å². The number of nitrogens with zero attached hydrogens (tertiary/aromatic N) is 4. The quantitative estimate of drug-likeness (QED) is 0.644. The number of anilines is 2. The second-order valence-corrected chi connectivity index (χ2v) is 7.73. The lowest BCUT2D eigenvalue weighted by Crippen LogP contribution is -2.37. The summed E-state index contributed by atoms with van der Waals surface area (Å²) in [5.74, 6) is 0.659. The summed E-state index contributed by atoms with van der Waals surface area (Å²) in [6.07, 6.45) is 4.81. The van der Waals surface area contributed by atoms with Crippen LogP contribution in [0.1, 0.15) is 28.8 Å². The number of hydrogen-bond donors (Lipinski definition) is 1. The highest BCUT2D eigenvalue weighted by Gasteiger charge is 2.21. The van der Waals surface area contributed by atoms with Crippen molar-refractivity contribution >= 4 is 28.2 Å². The van der Waals surface area contributed by atoms with E-state index in [2.05, 4.69) is 49.7 Å². The summed E-state index contributed by atoms with van der Waals surface area (Å²) in [6.45, 7) is 2.56. The van der Waals surface area contributed by atoms with E-state index in [0.717, 1.165) is 44.8 Å². The maximum atomic E-state index is 12.2. The molecule has 0 aliphatic carbocycles. The zero-order valence-electron chi connectivity index (χ0n) is 16.0. The minimum absolute atomic E-state index is 0.230. The van der Waals surface area contributed by atoms with E-state index in [0.29, 0.717) is 16.8 Å². The Kier molecular flexibility index (Phi) is 6.43. The molecule has 0 atom stereocenters. The van der Waals surface area contributed by atoms with Crippen molar-refractivity contribution in [3.63, 3.8) is 0 Å². The van der Waals surface area contributed by atoms with Crippen LogP contribution in [0.25, 0.3) is 0 Å². The van der Waals surface area contributed by atoms with Crippen molar-refractivity contribution < 1.29 is 9.53 Å². The van der Waals surface area contributed by atoms with Gasteiger partial charge in [-0.2, -0.15) is 0 Å². The molecule has 29 heavy (non-hydrogen) atoms. The average Bonchev–Trinajstić information content (AvgIpc) is 3.28. The Hall–Kier alpha value is -2.84. The molecule has 8 heteroatoms. The van der Waals surface area contributed by atoms with Crippen LogP contribution >= 0.6 is 11.3 Å². The number of pyridine rings is 1. The predicted molar refractivity (Wildman–Crippen MR) is 113 cm³/mol. The summed E-state index contributed by atoms with van der Waals surface area (Å²) < 4.78 is 6.06. The highest BCUT2D eigenvalue weighted by atomic mass is 32.1. The molecule has 1 fully saturated rings. The van der Waals surface area contributed by atoms with Gasteiger partial charge in [-0.05, 0) is 37.0 Å². The molecule has 7 nitrogen and oxygen atoms in total. The number of ether oxygens (including phenoxy) is 1. The number of aromatic nitrogens is 3. The Morgan fingerprint density at radius 2 is 2.00 bits per heavy atom. The van der Waals surface area contributed by atoms with Gasteiger partial charge in [0.1, 0.15) is 11.3 Å². The van der Waals surface area contributed by atoms with Crippen molar-refractivity contribution in [3.8, 4) is 0 Å². The molecule has 0 bridgehead atoms. The number of carbonyl (C=O) groups excluding carboxylic acids is 1. The third kappa shape index (κ3) is 5.36. The van der Waals surface area contributed by atoms with Gasteiger partial charge in [0, 0.05) is 19.3 Å². The van der Waals surface area contributed by atoms with Crippen LogP contribution in [0.15, 0.2) is 54.2 Å². The van der Waals surface area contributed by atoms with Gasteiger partial charge in [0.25, 0.3) is 5.91 Å². The molecule has 1 aliphatic heterocycles. The summed E-state index contributed by atoms with van der Waals surface area (Å²) in [5, 5.41) is 10.7. The van der Waals surface area contributed by atoms with Gasteiger partial charge in [-0.1, -0.05) is 41.7 Å². The minimum atomic E-state index is -0.230. The van der Waals surface area contributed by atoms with Gasteiger partial charge < -0.3 is 9.64 Å². The Morgan fingerprint density at radius 1 is 1.17 bits per heavy atom. The van der Waals surface area contributed by atoms with Crippen molar-refractivity contribution in [3.05, 3.63) is 65.3 Å². The van der Waals surface area contributed by atoms with Gasteiger partial charge in [-0.15, -0.1) is 10.2 Å². The summed E-state index contributed by atoms with van der Waals surface area (Å²) in [4.78, 5) is 18.9. The van der Waals surface area contributed by atoms with E-state index in [1.54, 1.807) is 17.8 Å². The van der Waals surface area contributed by atoms with Crippen molar-refractivity contribution in [2.45, 2.75) is 25.4 Å². The summed E-state index contributed by atoms with van der Waals surface area (Å²) in [5.41, 5.74) is 3.39. The first-order valence-electron chi connectivity index (χ1n) is 9.72. The predicted octanol–water partition coefficient (Wildman–Crippen LogP) is 3.41. The number of rotatable bonds is 7. The molecule has 1 aliphatic rings. The van der Waals surface area contributed by atoms with Crippen LogP contribution < -0.4 is 10.2 Å². The van der Waals surface area contributed by atoms with E-state index >= 15 is 0 Å². The summed E-state index contributed by atoms with van der Waals surface area (Å²) in [6, 6.07) is 14.1. The molecule has 0 radical (unpaired) electrons. The zero-order valence-corrected chi connectivity index (χ0v) is 16.8. The van der Waals surface area contributed by atoms with Crippen molar-refractivity contribution in [2.75, 3.05) is 29.9 Å². The van der Waals surface area contributed by atoms with Crippen LogP contribution in [0.4, 0.5) is 10.9 Å². The number of piperidine rings is 1. The first-order chi connectivity index (χ1) is 14.3. The van der Waals surface area contributed by atoms with E-state index in [4.69, 9.17) is 4.74 Å². The largest absolute Gasteiger partial charge is 0.378 e. The molecule has 2 aromatic heterocycles. The van der Waals surface area contributed by atoms with Crippen LogP contribution in [0, 0.1) is 0 Å². The third-order valence-electron chi connectivity index (χ3n) is 4.94. The fraction of sp³-hybridized carbons (Fsp3) is 0.333. The van der Waals surface area contributed by atoms with Crippen LogP contribution in [0.3, 0.4) is 0 Å². The van der Waals surface area contributed by atoms with Gasteiger partial charge in [-0.3, -0.25) is 10.1 Å². The Balaban J connectivity index is 1.22. The van der Waals surface area contributed by atoms with Crippen molar-refractivity contribution in [1.82, 2.24) is 15.2 Å². The first-order valence-corrected chi connectivity index (χ1v) is 10.6. The van der Waals surface area contributed by atoms with E-state index in [1.165, 1.54) is 16.9 Å². The monoisotopic (exact) mass is 409 g/mol. The molecular formula is C21H23N5O2S. The maximum Gasteiger partial charge on any atom is 0.259 e. The van der Waals surface area contributed by atoms with Gasteiger partial charge >= 0.3 is 0 Å². The molecule has 1 amide bonds. The molecule has 0 spiro atoms. The molecule has 4 rings (SSSR count). The number of amides is 1. The smallest absolute Gasteiger partial charge is 0.259 e. The fourth-order valence-corrected chi connectivity index (χ4v) is 3.78.